The van der Waals surface area contributed by atoms with E-state index < -0.39 is 0 Å². The average Bonchev–Trinajstić information content (AvgIpc) is 2.21. The maximum atomic E-state index is 5.23. The Morgan fingerprint density at radius 3 is 2.14 bits per heavy atom. The van der Waals surface area contributed by atoms with Gasteiger partial charge in [-0.05, 0) is 0 Å². The first-order valence-corrected chi connectivity index (χ1v) is 2.36. The first-order chi connectivity index (χ1) is 2.93. The van der Waals surface area contributed by atoms with Crippen molar-refractivity contribution in [3.8, 4) is 0 Å². The molecule has 1 heterocycles. The van der Waals surface area contributed by atoms with E-state index in [2.05, 4.69) is 4.90 Å². The van der Waals surface area contributed by atoms with E-state index in [9.17, 15) is 0 Å². The Hall–Kier alpha value is -0.120. The molecule has 0 spiro atoms. The highest BCUT2D eigenvalue weighted by molar-refractivity contribution is 4.71. The number of hydrogen-bond donors (Lipinski definition) is 1. The molecule has 0 amide bonds. The fraction of sp³-hybridized carbons (Fsp3) is 1.00. The molecule has 3 nitrogen and oxygen atoms in total. The van der Waals surface area contributed by atoms with Crippen LogP contribution in [0.2, 0.25) is 0 Å². The monoisotopic (exact) mass is 104 g/mol. The molecule has 44 valence electrons. The lowest BCUT2D eigenvalue weighted by molar-refractivity contribution is 0.569. The van der Waals surface area contributed by atoms with Crippen molar-refractivity contribution in [1.82, 2.24) is 4.90 Å². The van der Waals surface area contributed by atoms with Crippen LogP contribution in [0.25, 0.3) is 0 Å². The van der Waals surface area contributed by atoms with Gasteiger partial charge in [-0.25, -0.2) is 0 Å². The van der Waals surface area contributed by atoms with Crippen LogP contribution in [0.4, 0.5) is 0 Å². The summed E-state index contributed by atoms with van der Waals surface area (Å²) in [6.45, 7) is 4.47. The van der Waals surface area contributed by atoms with E-state index in [1.165, 1.54) is 13.1 Å². The van der Waals surface area contributed by atoms with E-state index in [0.717, 1.165) is 13.1 Å². The van der Waals surface area contributed by atoms with Crippen LogP contribution in [0, 0.1) is 0 Å². The first kappa shape index (κ1) is 6.88. The van der Waals surface area contributed by atoms with Gasteiger partial charge in [0.05, 0.1) is 0 Å². The minimum absolute atomic E-state index is 0. The minimum Gasteiger partial charge on any atom is -0.412 e. The zero-order valence-electron chi connectivity index (χ0n) is 4.35. The second-order valence-electron chi connectivity index (χ2n) is 1.63. The van der Waals surface area contributed by atoms with Crippen LogP contribution in [0.1, 0.15) is 0 Å². The summed E-state index contributed by atoms with van der Waals surface area (Å²) in [5, 5.41) is 0. The Balaban J connectivity index is 0.000000360. The molecule has 0 bridgehead atoms. The highest BCUT2D eigenvalue weighted by Crippen LogP contribution is 1.98. The van der Waals surface area contributed by atoms with Gasteiger partial charge < -0.3 is 11.2 Å². The maximum Gasteiger partial charge on any atom is 0.0110 e. The summed E-state index contributed by atoms with van der Waals surface area (Å²) in [4.78, 5) is 2.31. The van der Waals surface area contributed by atoms with Crippen molar-refractivity contribution in [2.24, 2.45) is 5.73 Å². The van der Waals surface area contributed by atoms with Crippen molar-refractivity contribution in [3.05, 3.63) is 0 Å². The van der Waals surface area contributed by atoms with Crippen molar-refractivity contribution in [3.63, 3.8) is 0 Å². The molecule has 0 atom stereocenters. The molecule has 3 heteroatoms. The Bertz CT molecular complexity index is 45.0. The molecule has 0 aromatic heterocycles. The summed E-state index contributed by atoms with van der Waals surface area (Å²) in [7, 11) is 0. The summed E-state index contributed by atoms with van der Waals surface area (Å²) in [5.41, 5.74) is 5.23. The molecule has 0 aromatic carbocycles. The van der Waals surface area contributed by atoms with E-state index in [-0.39, 0.29) is 5.48 Å². The summed E-state index contributed by atoms with van der Waals surface area (Å²) < 4.78 is 0. The van der Waals surface area contributed by atoms with Crippen molar-refractivity contribution in [2.45, 2.75) is 0 Å². The molecule has 4 N–H and O–H groups in total. The van der Waals surface area contributed by atoms with Gasteiger partial charge in [0.15, 0.2) is 0 Å². The van der Waals surface area contributed by atoms with E-state index in [4.69, 9.17) is 5.73 Å². The highest BCUT2D eigenvalue weighted by atomic mass is 16.0. The van der Waals surface area contributed by atoms with Crippen molar-refractivity contribution in [1.29, 1.82) is 0 Å². The largest absolute Gasteiger partial charge is 0.412 e. The topological polar surface area (TPSA) is 60.5 Å². The van der Waals surface area contributed by atoms with Crippen LogP contribution >= 0.6 is 0 Å². The van der Waals surface area contributed by atoms with E-state index >= 15 is 0 Å². The molecule has 1 saturated heterocycles. The summed E-state index contributed by atoms with van der Waals surface area (Å²) in [5.74, 6) is 0. The van der Waals surface area contributed by atoms with Crippen LogP contribution < -0.4 is 5.73 Å². The molecule has 0 radical (unpaired) electrons. The van der Waals surface area contributed by atoms with E-state index in [1.54, 1.807) is 0 Å². The fourth-order valence-corrected chi connectivity index (χ4v) is 0.477. The third kappa shape index (κ3) is 2.56. The van der Waals surface area contributed by atoms with Gasteiger partial charge in [0.1, 0.15) is 0 Å². The lowest BCUT2D eigenvalue weighted by Crippen LogP contribution is -2.11. The predicted octanol–water partition coefficient (Wildman–Crippen LogP) is -1.56. The number of nitrogens with two attached hydrogens (primary N) is 1. The summed E-state index contributed by atoms with van der Waals surface area (Å²) in [6, 6.07) is 0. The SMILES string of the molecule is NCCN1CC1.O. The van der Waals surface area contributed by atoms with Crippen LogP contribution in [-0.2, 0) is 0 Å². The van der Waals surface area contributed by atoms with Crippen molar-refractivity contribution in [2.75, 3.05) is 26.2 Å². The van der Waals surface area contributed by atoms with E-state index in [1.807, 2.05) is 0 Å². The lowest BCUT2D eigenvalue weighted by atomic mass is 10.7. The molecule has 0 aromatic rings. The van der Waals surface area contributed by atoms with Crippen molar-refractivity contribution >= 4 is 0 Å². The molecule has 0 saturated carbocycles. The van der Waals surface area contributed by atoms with Crippen molar-refractivity contribution < 1.29 is 5.48 Å². The third-order valence-electron chi connectivity index (χ3n) is 0.985. The standard InChI is InChI=1S/C4H10N2.H2O/c5-1-2-6-3-4-6;/h1-5H2;1H2. The second kappa shape index (κ2) is 2.96. The van der Waals surface area contributed by atoms with Gasteiger partial charge in [-0.15, -0.1) is 0 Å². The quantitative estimate of drug-likeness (QED) is 0.430. The molecule has 1 aliphatic rings. The minimum atomic E-state index is 0. The number of rotatable bonds is 2. The molecular formula is C4H12N2O. The second-order valence-corrected chi connectivity index (χ2v) is 1.63. The van der Waals surface area contributed by atoms with Gasteiger partial charge in [-0.3, -0.25) is 4.90 Å². The number of hydrogen-bond acceptors (Lipinski definition) is 2. The van der Waals surface area contributed by atoms with Gasteiger partial charge in [-0.2, -0.15) is 0 Å². The van der Waals surface area contributed by atoms with Gasteiger partial charge in [0.2, 0.25) is 0 Å². The third-order valence-corrected chi connectivity index (χ3v) is 0.985. The first-order valence-electron chi connectivity index (χ1n) is 2.36. The van der Waals surface area contributed by atoms with Crippen LogP contribution in [0.15, 0.2) is 0 Å². The van der Waals surface area contributed by atoms with Crippen LogP contribution in [0.3, 0.4) is 0 Å². The Morgan fingerprint density at radius 1 is 1.43 bits per heavy atom. The van der Waals surface area contributed by atoms with Gasteiger partial charge in [0.25, 0.3) is 0 Å². The molecular weight excluding hydrogens is 92.1 g/mol. The molecule has 0 aliphatic carbocycles. The zero-order chi connectivity index (χ0) is 4.41. The highest BCUT2D eigenvalue weighted by Gasteiger charge is 2.13. The normalized spacial score (nSPS) is 18.4. The van der Waals surface area contributed by atoms with Gasteiger partial charge in [-0.1, -0.05) is 0 Å². The van der Waals surface area contributed by atoms with Gasteiger partial charge in [0, 0.05) is 26.2 Å². The van der Waals surface area contributed by atoms with Crippen LogP contribution in [-0.4, -0.2) is 36.6 Å². The van der Waals surface area contributed by atoms with Crippen LogP contribution in [0.5, 0.6) is 0 Å². The zero-order valence-corrected chi connectivity index (χ0v) is 4.35. The molecule has 1 fully saturated rings. The fourth-order valence-electron chi connectivity index (χ4n) is 0.477. The smallest absolute Gasteiger partial charge is 0.0110 e. The Kier molecular flexibility index (Phi) is 2.91. The maximum absolute atomic E-state index is 5.23. The number of nitrogens with zero attached hydrogens (tertiary/aromatic N) is 1. The average molecular weight is 104 g/mol. The molecule has 1 aliphatic heterocycles. The van der Waals surface area contributed by atoms with E-state index in [0.29, 0.717) is 0 Å². The lowest BCUT2D eigenvalue weighted by Gasteiger charge is -1.89. The Labute approximate surface area is 43.4 Å². The summed E-state index contributed by atoms with van der Waals surface area (Å²) >= 11 is 0. The molecule has 0 unspecified atom stereocenters. The summed E-state index contributed by atoms with van der Waals surface area (Å²) in [6.07, 6.45) is 0. The molecule has 7 heavy (non-hydrogen) atoms. The Morgan fingerprint density at radius 2 is 2.00 bits per heavy atom. The predicted molar refractivity (Wildman–Crippen MR) is 29.1 cm³/mol. The van der Waals surface area contributed by atoms with Gasteiger partial charge >= 0.3 is 0 Å². The molecule has 1 rings (SSSR count).